The van der Waals surface area contributed by atoms with E-state index in [4.69, 9.17) is 9.26 Å². The number of amides is 2. The minimum absolute atomic E-state index is 0.0711. The zero-order chi connectivity index (χ0) is 13.8. The molecule has 1 aliphatic rings. The number of carbonyl (C=O) groups is 1. The summed E-state index contributed by atoms with van der Waals surface area (Å²) in [6.07, 6.45) is 0.698. The van der Waals surface area contributed by atoms with Crippen molar-refractivity contribution >= 4 is 6.03 Å². The third kappa shape index (κ3) is 3.92. The van der Waals surface area contributed by atoms with Crippen LogP contribution in [0.2, 0.25) is 0 Å². The summed E-state index contributed by atoms with van der Waals surface area (Å²) >= 11 is 0. The molecular formula is C12H20N4O3. The molecule has 0 saturated carbocycles. The molecule has 1 N–H and O–H groups in total. The molecule has 1 fully saturated rings. The maximum atomic E-state index is 12.0. The van der Waals surface area contributed by atoms with Crippen LogP contribution in [0.3, 0.4) is 0 Å². The van der Waals surface area contributed by atoms with Crippen molar-refractivity contribution in [2.45, 2.75) is 39.4 Å². The molecule has 1 aromatic rings. The van der Waals surface area contributed by atoms with Crippen molar-refractivity contribution in [2.75, 3.05) is 19.6 Å². The average Bonchev–Trinajstić information content (AvgIpc) is 2.73. The molecule has 7 nitrogen and oxygen atoms in total. The van der Waals surface area contributed by atoms with E-state index >= 15 is 0 Å². The molecule has 1 saturated heterocycles. The van der Waals surface area contributed by atoms with Gasteiger partial charge in [-0.25, -0.2) is 4.79 Å². The van der Waals surface area contributed by atoms with Gasteiger partial charge < -0.3 is 19.5 Å². The SMILES string of the molecule is Cc1noc(CCNC(=O)N2CC(C)OC(C)C2)n1. The van der Waals surface area contributed by atoms with Gasteiger partial charge in [-0.05, 0) is 20.8 Å². The van der Waals surface area contributed by atoms with Crippen LogP contribution in [0, 0.1) is 6.92 Å². The molecule has 2 atom stereocenters. The first kappa shape index (κ1) is 13.8. The lowest BCUT2D eigenvalue weighted by atomic mass is 10.2. The van der Waals surface area contributed by atoms with Crippen molar-refractivity contribution in [1.29, 1.82) is 0 Å². The molecule has 0 bridgehead atoms. The molecule has 0 aromatic carbocycles. The summed E-state index contributed by atoms with van der Waals surface area (Å²) in [5.74, 6) is 1.15. The average molecular weight is 268 g/mol. The van der Waals surface area contributed by atoms with Crippen LogP contribution in [0.15, 0.2) is 4.52 Å². The van der Waals surface area contributed by atoms with Gasteiger partial charge in [0.2, 0.25) is 5.89 Å². The van der Waals surface area contributed by atoms with Crippen molar-refractivity contribution in [3.05, 3.63) is 11.7 Å². The number of carbonyl (C=O) groups excluding carboxylic acids is 1. The lowest BCUT2D eigenvalue weighted by molar-refractivity contribution is -0.0545. The largest absolute Gasteiger partial charge is 0.372 e. The van der Waals surface area contributed by atoms with E-state index in [1.807, 2.05) is 13.8 Å². The van der Waals surface area contributed by atoms with Gasteiger partial charge in [0, 0.05) is 26.1 Å². The minimum Gasteiger partial charge on any atom is -0.372 e. The second-order valence-electron chi connectivity index (χ2n) is 4.88. The summed E-state index contributed by atoms with van der Waals surface area (Å²) in [6, 6.07) is -0.0711. The first-order valence-corrected chi connectivity index (χ1v) is 6.52. The van der Waals surface area contributed by atoms with E-state index in [0.29, 0.717) is 37.8 Å². The second-order valence-corrected chi connectivity index (χ2v) is 4.88. The molecule has 0 radical (unpaired) electrons. The normalized spacial score (nSPS) is 23.4. The molecule has 19 heavy (non-hydrogen) atoms. The topological polar surface area (TPSA) is 80.5 Å². The lowest BCUT2D eigenvalue weighted by Gasteiger charge is -2.35. The Balaban J connectivity index is 1.74. The van der Waals surface area contributed by atoms with Crippen LogP contribution < -0.4 is 5.32 Å². The molecule has 2 rings (SSSR count). The summed E-state index contributed by atoms with van der Waals surface area (Å²) in [6.45, 7) is 7.43. The Bertz CT molecular complexity index is 424. The quantitative estimate of drug-likeness (QED) is 0.874. The van der Waals surface area contributed by atoms with Crippen molar-refractivity contribution in [1.82, 2.24) is 20.4 Å². The monoisotopic (exact) mass is 268 g/mol. The summed E-state index contributed by atoms with van der Waals surface area (Å²) in [7, 11) is 0. The van der Waals surface area contributed by atoms with Gasteiger partial charge >= 0.3 is 6.03 Å². The van der Waals surface area contributed by atoms with E-state index < -0.39 is 0 Å². The number of urea groups is 1. The van der Waals surface area contributed by atoms with E-state index in [1.54, 1.807) is 11.8 Å². The van der Waals surface area contributed by atoms with Crippen LogP contribution in [0.25, 0.3) is 0 Å². The predicted molar refractivity (Wildman–Crippen MR) is 67.7 cm³/mol. The van der Waals surface area contributed by atoms with Gasteiger partial charge in [-0.2, -0.15) is 4.98 Å². The van der Waals surface area contributed by atoms with E-state index in [0.717, 1.165) is 0 Å². The number of morpholine rings is 1. The first-order valence-electron chi connectivity index (χ1n) is 6.52. The van der Waals surface area contributed by atoms with Gasteiger partial charge in [0.1, 0.15) is 0 Å². The number of rotatable bonds is 3. The third-order valence-corrected chi connectivity index (χ3v) is 2.89. The molecule has 0 aliphatic carbocycles. The third-order valence-electron chi connectivity index (χ3n) is 2.89. The molecule has 7 heteroatoms. The fourth-order valence-corrected chi connectivity index (χ4v) is 2.17. The maximum Gasteiger partial charge on any atom is 0.317 e. The molecule has 2 unspecified atom stereocenters. The highest BCUT2D eigenvalue weighted by Crippen LogP contribution is 2.10. The number of hydrogen-bond donors (Lipinski definition) is 1. The Morgan fingerprint density at radius 3 is 2.68 bits per heavy atom. The predicted octanol–water partition coefficient (Wildman–Crippen LogP) is 0.739. The first-order chi connectivity index (χ1) is 9.04. The number of aromatic nitrogens is 2. The van der Waals surface area contributed by atoms with E-state index in [9.17, 15) is 4.79 Å². The van der Waals surface area contributed by atoms with Crippen LogP contribution in [-0.2, 0) is 11.2 Å². The zero-order valence-electron chi connectivity index (χ0n) is 11.5. The molecule has 0 spiro atoms. The van der Waals surface area contributed by atoms with E-state index in [-0.39, 0.29) is 18.2 Å². The van der Waals surface area contributed by atoms with Crippen LogP contribution in [0.5, 0.6) is 0 Å². The van der Waals surface area contributed by atoms with Crippen LogP contribution in [-0.4, -0.2) is 52.9 Å². The molecule has 2 heterocycles. The van der Waals surface area contributed by atoms with Crippen molar-refractivity contribution in [3.63, 3.8) is 0 Å². The Morgan fingerprint density at radius 2 is 2.11 bits per heavy atom. The number of ether oxygens (including phenoxy) is 1. The highest BCUT2D eigenvalue weighted by atomic mass is 16.5. The summed E-state index contributed by atoms with van der Waals surface area (Å²) in [5, 5.41) is 6.55. The van der Waals surface area contributed by atoms with Gasteiger partial charge in [0.15, 0.2) is 5.82 Å². The fraction of sp³-hybridized carbons (Fsp3) is 0.750. The summed E-state index contributed by atoms with van der Waals surface area (Å²) in [4.78, 5) is 17.8. The Morgan fingerprint density at radius 1 is 1.42 bits per heavy atom. The van der Waals surface area contributed by atoms with Gasteiger partial charge in [0.25, 0.3) is 0 Å². The maximum absolute atomic E-state index is 12.0. The van der Waals surface area contributed by atoms with Gasteiger partial charge in [-0.15, -0.1) is 0 Å². The van der Waals surface area contributed by atoms with Crippen LogP contribution in [0.1, 0.15) is 25.6 Å². The standard InChI is InChI=1S/C12H20N4O3/c1-8-6-16(7-9(2)18-8)12(17)13-5-4-11-14-10(3)15-19-11/h8-9H,4-7H2,1-3H3,(H,13,17). The summed E-state index contributed by atoms with van der Waals surface area (Å²) in [5.41, 5.74) is 0. The molecule has 106 valence electrons. The van der Waals surface area contributed by atoms with Gasteiger partial charge in [-0.3, -0.25) is 0 Å². The summed E-state index contributed by atoms with van der Waals surface area (Å²) < 4.78 is 10.6. The smallest absolute Gasteiger partial charge is 0.317 e. The van der Waals surface area contributed by atoms with Crippen LogP contribution in [0.4, 0.5) is 4.79 Å². The van der Waals surface area contributed by atoms with E-state index in [2.05, 4.69) is 15.5 Å². The number of nitrogens with zero attached hydrogens (tertiary/aromatic N) is 3. The fourth-order valence-electron chi connectivity index (χ4n) is 2.17. The Kier molecular flexibility index (Phi) is 4.36. The number of nitrogens with one attached hydrogen (secondary N) is 1. The molecular weight excluding hydrogens is 248 g/mol. The molecule has 2 amide bonds. The second kappa shape index (κ2) is 6.01. The van der Waals surface area contributed by atoms with Gasteiger partial charge in [-0.1, -0.05) is 5.16 Å². The highest BCUT2D eigenvalue weighted by molar-refractivity contribution is 5.74. The van der Waals surface area contributed by atoms with Crippen molar-refractivity contribution in [3.8, 4) is 0 Å². The highest BCUT2D eigenvalue weighted by Gasteiger charge is 2.25. The lowest BCUT2D eigenvalue weighted by Crippen LogP contribution is -2.51. The van der Waals surface area contributed by atoms with Crippen molar-refractivity contribution in [2.24, 2.45) is 0 Å². The molecule has 1 aromatic heterocycles. The van der Waals surface area contributed by atoms with Crippen LogP contribution >= 0.6 is 0 Å². The minimum atomic E-state index is -0.0711. The zero-order valence-corrected chi connectivity index (χ0v) is 11.5. The Hall–Kier alpha value is -1.63. The number of aryl methyl sites for hydroxylation is 1. The van der Waals surface area contributed by atoms with E-state index in [1.165, 1.54) is 0 Å². The van der Waals surface area contributed by atoms with Crippen molar-refractivity contribution < 1.29 is 14.1 Å². The Labute approximate surface area is 112 Å². The van der Waals surface area contributed by atoms with Gasteiger partial charge in [0.05, 0.1) is 12.2 Å². The number of hydrogen-bond acceptors (Lipinski definition) is 5. The molecule has 1 aliphatic heterocycles.